The van der Waals surface area contributed by atoms with Gasteiger partial charge in [-0.15, -0.1) is 0 Å². The summed E-state index contributed by atoms with van der Waals surface area (Å²) in [5.41, 5.74) is 0.00808. The maximum absolute atomic E-state index is 13.2. The van der Waals surface area contributed by atoms with Crippen molar-refractivity contribution >= 4 is 5.91 Å². The summed E-state index contributed by atoms with van der Waals surface area (Å²) >= 11 is 0. The van der Waals surface area contributed by atoms with Gasteiger partial charge in [-0.1, -0.05) is 12.1 Å². The Morgan fingerprint density at radius 2 is 2.24 bits per heavy atom. The van der Waals surface area contributed by atoms with Crippen molar-refractivity contribution in [1.29, 1.82) is 0 Å². The van der Waals surface area contributed by atoms with Crippen LogP contribution in [0.4, 0.5) is 4.39 Å². The van der Waals surface area contributed by atoms with Gasteiger partial charge in [0.25, 0.3) is 5.91 Å². The van der Waals surface area contributed by atoms with Gasteiger partial charge >= 0.3 is 0 Å². The molecule has 94 valence electrons. The molecule has 0 aromatic heterocycles. The van der Waals surface area contributed by atoms with E-state index in [-0.39, 0.29) is 18.7 Å². The zero-order valence-corrected chi connectivity index (χ0v) is 9.65. The summed E-state index contributed by atoms with van der Waals surface area (Å²) in [5.74, 6) is -1.03. The number of benzene rings is 1. The molecule has 17 heavy (non-hydrogen) atoms. The highest BCUT2D eigenvalue weighted by molar-refractivity contribution is 5.94. The van der Waals surface area contributed by atoms with Crippen LogP contribution in [0, 0.1) is 5.82 Å². The van der Waals surface area contributed by atoms with Crippen LogP contribution in [-0.4, -0.2) is 37.4 Å². The first kappa shape index (κ1) is 13.6. The number of hydrogen-bond donors (Lipinski definition) is 2. The lowest BCUT2D eigenvalue weighted by molar-refractivity contribution is 0.0587. The first-order valence-corrected chi connectivity index (χ1v) is 5.35. The minimum Gasteiger partial charge on any atom is -0.391 e. The molecule has 2 N–H and O–H groups in total. The SMILES string of the molecule is COCC(O)CCNC(=O)c1ccccc1F. The maximum Gasteiger partial charge on any atom is 0.254 e. The van der Waals surface area contributed by atoms with E-state index in [4.69, 9.17) is 4.74 Å². The number of carbonyl (C=O) groups excluding carboxylic acids is 1. The molecular weight excluding hydrogens is 225 g/mol. The van der Waals surface area contributed by atoms with Gasteiger partial charge in [0, 0.05) is 13.7 Å². The van der Waals surface area contributed by atoms with Crippen molar-refractivity contribution in [2.75, 3.05) is 20.3 Å². The number of halogens is 1. The first-order chi connectivity index (χ1) is 8.15. The number of aliphatic hydroxyl groups excluding tert-OH is 1. The van der Waals surface area contributed by atoms with Crippen molar-refractivity contribution < 1.29 is 19.0 Å². The third-order valence-electron chi connectivity index (χ3n) is 2.24. The molecule has 0 saturated heterocycles. The minimum absolute atomic E-state index is 0.00808. The summed E-state index contributed by atoms with van der Waals surface area (Å²) in [5, 5.41) is 11.9. The number of methoxy groups -OCH3 is 1. The smallest absolute Gasteiger partial charge is 0.254 e. The zero-order chi connectivity index (χ0) is 12.7. The quantitative estimate of drug-likeness (QED) is 0.779. The van der Waals surface area contributed by atoms with E-state index in [0.29, 0.717) is 6.42 Å². The van der Waals surface area contributed by atoms with Crippen molar-refractivity contribution in [2.24, 2.45) is 0 Å². The summed E-state index contributed by atoms with van der Waals surface area (Å²) in [6, 6.07) is 5.76. The monoisotopic (exact) mass is 241 g/mol. The molecule has 1 rings (SSSR count). The van der Waals surface area contributed by atoms with E-state index < -0.39 is 17.8 Å². The Kier molecular flexibility index (Phi) is 5.59. The first-order valence-electron chi connectivity index (χ1n) is 5.35. The molecule has 1 aromatic carbocycles. The molecule has 0 heterocycles. The van der Waals surface area contributed by atoms with Crippen molar-refractivity contribution in [3.8, 4) is 0 Å². The van der Waals surface area contributed by atoms with Crippen molar-refractivity contribution in [1.82, 2.24) is 5.32 Å². The molecule has 0 aliphatic rings. The Bertz CT molecular complexity index is 371. The second-order valence-corrected chi connectivity index (χ2v) is 3.63. The van der Waals surface area contributed by atoms with Gasteiger partial charge in [0.1, 0.15) is 5.82 Å². The maximum atomic E-state index is 13.2. The second kappa shape index (κ2) is 6.98. The molecule has 0 saturated carbocycles. The molecule has 1 atom stereocenters. The Labute approximate surface area is 99.4 Å². The largest absolute Gasteiger partial charge is 0.391 e. The summed E-state index contributed by atoms with van der Waals surface area (Å²) in [6.45, 7) is 0.493. The summed E-state index contributed by atoms with van der Waals surface area (Å²) in [4.78, 5) is 11.5. The van der Waals surface area contributed by atoms with Crippen LogP contribution in [0.3, 0.4) is 0 Å². The van der Waals surface area contributed by atoms with Crippen molar-refractivity contribution in [3.63, 3.8) is 0 Å². The van der Waals surface area contributed by atoms with Gasteiger partial charge in [0.2, 0.25) is 0 Å². The van der Waals surface area contributed by atoms with E-state index in [1.54, 1.807) is 6.07 Å². The topological polar surface area (TPSA) is 58.6 Å². The lowest BCUT2D eigenvalue weighted by Gasteiger charge is -2.10. The van der Waals surface area contributed by atoms with Gasteiger partial charge in [-0.05, 0) is 18.6 Å². The third kappa shape index (κ3) is 4.50. The fraction of sp³-hybridized carbons (Fsp3) is 0.417. The molecule has 1 unspecified atom stereocenters. The van der Waals surface area contributed by atoms with E-state index in [9.17, 15) is 14.3 Å². The lowest BCUT2D eigenvalue weighted by atomic mass is 10.2. The molecule has 4 nitrogen and oxygen atoms in total. The van der Waals surface area contributed by atoms with Gasteiger partial charge in [0.15, 0.2) is 0 Å². The molecule has 0 aliphatic carbocycles. The highest BCUT2D eigenvalue weighted by Gasteiger charge is 2.10. The lowest BCUT2D eigenvalue weighted by Crippen LogP contribution is -2.29. The van der Waals surface area contributed by atoms with Crippen molar-refractivity contribution in [3.05, 3.63) is 35.6 Å². The van der Waals surface area contributed by atoms with Crippen LogP contribution in [0.1, 0.15) is 16.8 Å². The summed E-state index contributed by atoms with van der Waals surface area (Å²) < 4.78 is 18.0. The molecule has 1 aromatic rings. The highest BCUT2D eigenvalue weighted by atomic mass is 19.1. The Morgan fingerprint density at radius 3 is 2.88 bits per heavy atom. The second-order valence-electron chi connectivity index (χ2n) is 3.63. The number of ether oxygens (including phenoxy) is 1. The third-order valence-corrected chi connectivity index (χ3v) is 2.24. The van der Waals surface area contributed by atoms with Crippen LogP contribution in [0.25, 0.3) is 0 Å². The Hall–Kier alpha value is -1.46. The number of nitrogens with one attached hydrogen (secondary N) is 1. The van der Waals surface area contributed by atoms with E-state index >= 15 is 0 Å². The van der Waals surface area contributed by atoms with Crippen LogP contribution in [0.15, 0.2) is 24.3 Å². The molecule has 5 heteroatoms. The predicted octanol–water partition coefficient (Wildman–Crippen LogP) is 0.953. The van der Waals surface area contributed by atoms with Crippen LogP contribution < -0.4 is 5.32 Å². The molecule has 0 bridgehead atoms. The predicted molar refractivity (Wildman–Crippen MR) is 61.2 cm³/mol. The molecule has 0 radical (unpaired) electrons. The fourth-order valence-electron chi connectivity index (χ4n) is 1.37. The summed E-state index contributed by atoms with van der Waals surface area (Å²) in [6.07, 6.45) is -0.255. The van der Waals surface area contributed by atoms with Gasteiger partial charge in [0.05, 0.1) is 18.3 Å². The van der Waals surface area contributed by atoms with E-state index in [2.05, 4.69) is 5.32 Å². The van der Waals surface area contributed by atoms with E-state index in [1.165, 1.54) is 25.3 Å². The average molecular weight is 241 g/mol. The Balaban J connectivity index is 2.38. The van der Waals surface area contributed by atoms with Gasteiger partial charge in [-0.3, -0.25) is 4.79 Å². The molecule has 0 spiro atoms. The number of rotatable bonds is 6. The number of amides is 1. The van der Waals surface area contributed by atoms with Gasteiger partial charge in [-0.25, -0.2) is 4.39 Å². The van der Waals surface area contributed by atoms with Crippen LogP contribution in [0.2, 0.25) is 0 Å². The standard InChI is InChI=1S/C12H16FNO3/c1-17-8-9(15)6-7-14-12(16)10-4-2-3-5-11(10)13/h2-5,9,15H,6-8H2,1H3,(H,14,16). The average Bonchev–Trinajstić information content (AvgIpc) is 2.29. The summed E-state index contributed by atoms with van der Waals surface area (Å²) in [7, 11) is 1.49. The van der Waals surface area contributed by atoms with Crippen LogP contribution >= 0.6 is 0 Å². The van der Waals surface area contributed by atoms with Gasteiger partial charge in [-0.2, -0.15) is 0 Å². The molecule has 1 amide bonds. The fourth-order valence-corrected chi connectivity index (χ4v) is 1.37. The molecular formula is C12H16FNO3. The van der Waals surface area contributed by atoms with E-state index in [0.717, 1.165) is 0 Å². The molecule has 0 fully saturated rings. The van der Waals surface area contributed by atoms with Crippen molar-refractivity contribution in [2.45, 2.75) is 12.5 Å². The minimum atomic E-state index is -0.624. The van der Waals surface area contributed by atoms with Gasteiger partial charge < -0.3 is 15.2 Å². The van der Waals surface area contributed by atoms with Crippen LogP contribution in [-0.2, 0) is 4.74 Å². The zero-order valence-electron chi connectivity index (χ0n) is 9.65. The number of carbonyl (C=O) groups is 1. The normalized spacial score (nSPS) is 12.2. The van der Waals surface area contributed by atoms with E-state index in [1.807, 2.05) is 0 Å². The molecule has 0 aliphatic heterocycles. The van der Waals surface area contributed by atoms with Crippen LogP contribution in [0.5, 0.6) is 0 Å². The number of hydrogen-bond acceptors (Lipinski definition) is 3. The highest BCUT2D eigenvalue weighted by Crippen LogP contribution is 2.05. The number of aliphatic hydroxyl groups is 1. The Morgan fingerprint density at radius 1 is 1.53 bits per heavy atom.